The second-order valence-electron chi connectivity index (χ2n) is 3.35. The molecule has 0 fully saturated rings. The Morgan fingerprint density at radius 1 is 1.00 bits per heavy atom. The van der Waals surface area contributed by atoms with Gasteiger partial charge in [-0.1, -0.05) is 48.0 Å². The van der Waals surface area contributed by atoms with Crippen molar-refractivity contribution in [3.05, 3.63) is 59.1 Å². The third-order valence-corrected chi connectivity index (χ3v) is 2.62. The maximum atomic E-state index is 10.8. The average molecular weight is 232 g/mol. The lowest BCUT2D eigenvalue weighted by molar-refractivity contribution is -0.255. The fraction of sp³-hybridized carbons (Fsp3) is 0. The number of hydrogen-bond acceptors (Lipinski definition) is 2. The molecule has 80 valence electrons. The van der Waals surface area contributed by atoms with Gasteiger partial charge in [0.15, 0.2) is 0 Å². The first-order chi connectivity index (χ1) is 7.68. The first-order valence-electron chi connectivity index (χ1n) is 4.75. The Morgan fingerprint density at radius 3 is 2.31 bits per heavy atom. The quantitative estimate of drug-likeness (QED) is 0.796. The number of carbonyl (C=O) groups is 1. The summed E-state index contributed by atoms with van der Waals surface area (Å²) in [6.45, 7) is 0. The first-order valence-corrected chi connectivity index (χ1v) is 5.12. The van der Waals surface area contributed by atoms with E-state index >= 15 is 0 Å². The molecule has 0 aliphatic carbocycles. The smallest absolute Gasteiger partial charge is 0.0730 e. The third-order valence-electron chi connectivity index (χ3n) is 2.29. The van der Waals surface area contributed by atoms with Crippen molar-refractivity contribution in [1.29, 1.82) is 0 Å². The fourth-order valence-corrected chi connectivity index (χ4v) is 1.69. The van der Waals surface area contributed by atoms with E-state index < -0.39 is 5.97 Å². The zero-order chi connectivity index (χ0) is 11.5. The van der Waals surface area contributed by atoms with Crippen molar-refractivity contribution < 1.29 is 9.90 Å². The van der Waals surface area contributed by atoms with Crippen molar-refractivity contribution in [2.75, 3.05) is 0 Å². The second kappa shape index (κ2) is 4.37. The molecule has 2 nitrogen and oxygen atoms in total. The molecule has 0 aromatic heterocycles. The van der Waals surface area contributed by atoms with Gasteiger partial charge in [0, 0.05) is 10.6 Å². The van der Waals surface area contributed by atoms with Crippen LogP contribution >= 0.6 is 11.6 Å². The van der Waals surface area contributed by atoms with Gasteiger partial charge in [0.1, 0.15) is 0 Å². The van der Waals surface area contributed by atoms with Crippen molar-refractivity contribution in [2.45, 2.75) is 0 Å². The number of hydrogen-bond donors (Lipinski definition) is 0. The molecule has 0 aliphatic rings. The van der Waals surface area contributed by atoms with Crippen molar-refractivity contribution in [3.8, 4) is 11.1 Å². The van der Waals surface area contributed by atoms with Crippen LogP contribution in [0.2, 0.25) is 5.02 Å². The summed E-state index contributed by atoms with van der Waals surface area (Å²) in [7, 11) is 0. The summed E-state index contributed by atoms with van der Waals surface area (Å²) in [5.41, 5.74) is 1.77. The molecule has 16 heavy (non-hydrogen) atoms. The van der Waals surface area contributed by atoms with E-state index in [9.17, 15) is 9.90 Å². The molecular weight excluding hydrogens is 224 g/mol. The highest BCUT2D eigenvalue weighted by molar-refractivity contribution is 6.33. The van der Waals surface area contributed by atoms with Gasteiger partial charge in [-0.25, -0.2) is 0 Å². The standard InChI is InChI=1S/C13H9ClO2/c14-12-7-6-10(8-11(12)13(15)16)9-4-2-1-3-5-9/h1-8H,(H,15,16)/p-1. The van der Waals surface area contributed by atoms with Gasteiger partial charge >= 0.3 is 0 Å². The Kier molecular flexibility index (Phi) is 2.93. The number of carboxylic acid groups (broad SMARTS) is 1. The molecule has 0 unspecified atom stereocenters. The summed E-state index contributed by atoms with van der Waals surface area (Å²) in [4.78, 5) is 10.8. The molecule has 0 amide bonds. The predicted octanol–water partition coefficient (Wildman–Crippen LogP) is 2.37. The number of benzene rings is 2. The molecule has 2 rings (SSSR count). The lowest BCUT2D eigenvalue weighted by Gasteiger charge is -2.08. The normalized spacial score (nSPS) is 10.1. The van der Waals surface area contributed by atoms with Gasteiger partial charge in [0.25, 0.3) is 0 Å². The highest BCUT2D eigenvalue weighted by Gasteiger charge is 2.04. The van der Waals surface area contributed by atoms with Gasteiger partial charge in [-0.3, -0.25) is 0 Å². The maximum absolute atomic E-state index is 10.8. The summed E-state index contributed by atoms with van der Waals surface area (Å²) >= 11 is 5.76. The Balaban J connectivity index is 2.52. The van der Waals surface area contributed by atoms with Crippen LogP contribution in [0.5, 0.6) is 0 Å². The summed E-state index contributed by atoms with van der Waals surface area (Å²) in [6.07, 6.45) is 0. The van der Waals surface area contributed by atoms with Crippen LogP contribution in [0, 0.1) is 0 Å². The number of carbonyl (C=O) groups excluding carboxylic acids is 1. The molecule has 0 N–H and O–H groups in total. The van der Waals surface area contributed by atoms with Gasteiger partial charge in [-0.05, 0) is 23.3 Å². The van der Waals surface area contributed by atoms with E-state index in [1.807, 2.05) is 30.3 Å². The van der Waals surface area contributed by atoms with Crippen molar-refractivity contribution in [2.24, 2.45) is 0 Å². The van der Waals surface area contributed by atoms with Gasteiger partial charge in [0.2, 0.25) is 0 Å². The molecule has 3 heteroatoms. The Morgan fingerprint density at radius 2 is 1.69 bits per heavy atom. The minimum atomic E-state index is -1.26. The lowest BCUT2D eigenvalue weighted by Crippen LogP contribution is -2.22. The van der Waals surface area contributed by atoms with Gasteiger partial charge < -0.3 is 9.90 Å². The van der Waals surface area contributed by atoms with Crippen LogP contribution in [-0.2, 0) is 0 Å². The number of rotatable bonds is 2. The second-order valence-corrected chi connectivity index (χ2v) is 3.76. The first kappa shape index (κ1) is 10.7. The molecule has 0 atom stereocenters. The van der Waals surface area contributed by atoms with Crippen LogP contribution in [0.25, 0.3) is 11.1 Å². The lowest BCUT2D eigenvalue weighted by atomic mass is 10.0. The van der Waals surface area contributed by atoms with Crippen LogP contribution in [0.3, 0.4) is 0 Å². The van der Waals surface area contributed by atoms with Crippen molar-refractivity contribution in [1.82, 2.24) is 0 Å². The SMILES string of the molecule is O=C([O-])c1cc(-c2ccccc2)ccc1Cl. The number of halogens is 1. The summed E-state index contributed by atoms with van der Waals surface area (Å²) < 4.78 is 0. The Labute approximate surface area is 98.1 Å². The summed E-state index contributed by atoms with van der Waals surface area (Å²) in [6, 6.07) is 14.4. The monoisotopic (exact) mass is 231 g/mol. The van der Waals surface area contributed by atoms with E-state index in [1.165, 1.54) is 6.07 Å². The van der Waals surface area contributed by atoms with Gasteiger partial charge in [0.05, 0.1) is 5.97 Å². The molecule has 0 saturated heterocycles. The predicted molar refractivity (Wildman–Crippen MR) is 61.2 cm³/mol. The zero-order valence-corrected chi connectivity index (χ0v) is 9.07. The molecule has 0 saturated carbocycles. The molecule has 0 aliphatic heterocycles. The van der Waals surface area contributed by atoms with Crippen LogP contribution < -0.4 is 5.11 Å². The van der Waals surface area contributed by atoms with Crippen LogP contribution in [0.4, 0.5) is 0 Å². The highest BCUT2D eigenvalue weighted by atomic mass is 35.5. The van der Waals surface area contributed by atoms with E-state index in [0.29, 0.717) is 0 Å². The molecule has 0 heterocycles. The van der Waals surface area contributed by atoms with Crippen LogP contribution in [-0.4, -0.2) is 5.97 Å². The zero-order valence-electron chi connectivity index (χ0n) is 8.31. The average Bonchev–Trinajstić information content (AvgIpc) is 2.30. The van der Waals surface area contributed by atoms with E-state index in [-0.39, 0.29) is 10.6 Å². The largest absolute Gasteiger partial charge is 0.545 e. The summed E-state index contributed by atoms with van der Waals surface area (Å²) in [5.74, 6) is -1.26. The molecule has 0 bridgehead atoms. The molecule has 0 spiro atoms. The minimum Gasteiger partial charge on any atom is -0.545 e. The number of aromatic carboxylic acids is 1. The summed E-state index contributed by atoms with van der Waals surface area (Å²) in [5, 5.41) is 11.0. The van der Waals surface area contributed by atoms with E-state index in [4.69, 9.17) is 11.6 Å². The van der Waals surface area contributed by atoms with Crippen molar-refractivity contribution >= 4 is 17.6 Å². The molecule has 0 radical (unpaired) electrons. The Hall–Kier alpha value is -1.80. The van der Waals surface area contributed by atoms with Crippen LogP contribution in [0.1, 0.15) is 10.4 Å². The van der Waals surface area contributed by atoms with Gasteiger partial charge in [-0.15, -0.1) is 0 Å². The Bertz CT molecular complexity index is 521. The molecule has 2 aromatic carbocycles. The van der Waals surface area contributed by atoms with E-state index in [2.05, 4.69) is 0 Å². The van der Waals surface area contributed by atoms with Crippen LogP contribution in [0.15, 0.2) is 48.5 Å². The molecule has 2 aromatic rings. The van der Waals surface area contributed by atoms with Gasteiger partial charge in [-0.2, -0.15) is 0 Å². The highest BCUT2D eigenvalue weighted by Crippen LogP contribution is 2.24. The van der Waals surface area contributed by atoms with Crippen molar-refractivity contribution in [3.63, 3.8) is 0 Å². The number of carboxylic acids is 1. The topological polar surface area (TPSA) is 40.1 Å². The third kappa shape index (κ3) is 2.07. The van der Waals surface area contributed by atoms with E-state index in [0.717, 1.165) is 11.1 Å². The van der Waals surface area contributed by atoms with E-state index in [1.54, 1.807) is 12.1 Å². The fourth-order valence-electron chi connectivity index (χ4n) is 1.49. The maximum Gasteiger partial charge on any atom is 0.0730 e. The molecular formula is C13H8ClO2-. The minimum absolute atomic E-state index is 0.0167.